The maximum atomic E-state index is 6.32. The zero-order valence-corrected chi connectivity index (χ0v) is 14.7. The zero-order valence-electron chi connectivity index (χ0n) is 12.3. The third kappa shape index (κ3) is 2.45. The molecule has 2 unspecified atom stereocenters. The summed E-state index contributed by atoms with van der Waals surface area (Å²) >= 11 is 17.9. The Kier molecular flexibility index (Phi) is 3.45. The fourth-order valence-electron chi connectivity index (χ4n) is 3.35. The number of ether oxygens (including phenoxy) is 1. The number of nitrogens with one attached hydrogen (secondary N) is 1. The quantitative estimate of drug-likeness (QED) is 0.725. The second-order valence-electron chi connectivity index (χ2n) is 5.98. The molecule has 2 heterocycles. The molecule has 6 heteroatoms. The van der Waals surface area contributed by atoms with Crippen molar-refractivity contribution in [3.63, 3.8) is 0 Å². The van der Waals surface area contributed by atoms with Crippen LogP contribution in [-0.4, -0.2) is 10.8 Å². The van der Waals surface area contributed by atoms with E-state index in [4.69, 9.17) is 40.2 Å². The summed E-state index contributed by atoms with van der Waals surface area (Å²) in [5.74, 6) is 0.829. The minimum Gasteiger partial charge on any atom is -0.467 e. The number of benzene rings is 2. The van der Waals surface area contributed by atoms with Crippen molar-refractivity contribution < 1.29 is 4.74 Å². The van der Waals surface area contributed by atoms with Crippen LogP contribution in [0.3, 0.4) is 0 Å². The van der Waals surface area contributed by atoms with Crippen molar-refractivity contribution in [1.29, 1.82) is 0 Å². The number of hydrogen-bond acceptors (Lipinski definition) is 2. The first-order chi connectivity index (χ1) is 11.0. The lowest BCUT2D eigenvalue weighted by Crippen LogP contribution is -2.65. The number of anilines is 1. The van der Waals surface area contributed by atoms with Crippen LogP contribution >= 0.6 is 35.4 Å². The molecule has 4 rings (SSSR count). The summed E-state index contributed by atoms with van der Waals surface area (Å²) < 4.78 is 6.32. The summed E-state index contributed by atoms with van der Waals surface area (Å²) in [7, 11) is 0. The Balaban J connectivity index is 1.81. The van der Waals surface area contributed by atoms with E-state index < -0.39 is 5.72 Å². The standard InChI is InChI=1S/C17H14Cl2N2OS/c1-17-9-14(13-8-11(19)5-6-15(13)22-17)20-16(23)21(17)12-4-2-3-10(18)7-12/h2-8,14H,9H2,1H3,(H,20,23). The highest BCUT2D eigenvalue weighted by Gasteiger charge is 2.48. The molecule has 0 saturated carbocycles. The number of rotatable bonds is 1. The molecular weight excluding hydrogens is 351 g/mol. The number of thiocarbonyl (C=S) groups is 1. The monoisotopic (exact) mass is 364 g/mol. The van der Waals surface area contributed by atoms with E-state index in [0.29, 0.717) is 15.2 Å². The van der Waals surface area contributed by atoms with Gasteiger partial charge in [0.1, 0.15) is 5.75 Å². The third-order valence-electron chi connectivity index (χ3n) is 4.30. The molecule has 2 aliphatic rings. The number of fused-ring (bicyclic) bond motifs is 4. The second-order valence-corrected chi connectivity index (χ2v) is 7.24. The lowest BCUT2D eigenvalue weighted by molar-refractivity contribution is 0.0498. The van der Waals surface area contributed by atoms with Crippen LogP contribution in [0.2, 0.25) is 10.0 Å². The van der Waals surface area contributed by atoms with Gasteiger partial charge in [-0.3, -0.25) is 4.90 Å². The lowest BCUT2D eigenvalue weighted by atomic mass is 9.90. The Morgan fingerprint density at radius 2 is 2.00 bits per heavy atom. The maximum absolute atomic E-state index is 6.32. The van der Waals surface area contributed by atoms with Gasteiger partial charge < -0.3 is 10.1 Å². The van der Waals surface area contributed by atoms with Crippen molar-refractivity contribution in [2.24, 2.45) is 0 Å². The minimum atomic E-state index is -0.571. The first-order valence-corrected chi connectivity index (χ1v) is 8.47. The average molecular weight is 365 g/mol. The molecule has 2 bridgehead atoms. The summed E-state index contributed by atoms with van der Waals surface area (Å²) in [6.07, 6.45) is 0.757. The number of nitrogens with zero attached hydrogens (tertiary/aromatic N) is 1. The molecule has 2 aliphatic heterocycles. The van der Waals surface area contributed by atoms with Gasteiger partial charge in [-0.25, -0.2) is 0 Å². The molecule has 2 aromatic carbocycles. The summed E-state index contributed by atoms with van der Waals surface area (Å²) in [5.41, 5.74) is 1.38. The molecule has 1 N–H and O–H groups in total. The minimum absolute atomic E-state index is 0.0883. The van der Waals surface area contributed by atoms with Crippen molar-refractivity contribution in [2.75, 3.05) is 4.90 Å². The van der Waals surface area contributed by atoms with Crippen molar-refractivity contribution in [3.8, 4) is 5.75 Å². The topological polar surface area (TPSA) is 24.5 Å². The van der Waals surface area contributed by atoms with Crippen LogP contribution in [0.1, 0.15) is 24.9 Å². The molecule has 0 aromatic heterocycles. The van der Waals surface area contributed by atoms with Crippen LogP contribution in [0.4, 0.5) is 5.69 Å². The van der Waals surface area contributed by atoms with E-state index in [2.05, 4.69) is 5.32 Å². The Morgan fingerprint density at radius 3 is 2.78 bits per heavy atom. The SMILES string of the molecule is CC12CC(NC(=S)N1c1cccc(Cl)c1)c1cc(Cl)ccc1O2. The van der Waals surface area contributed by atoms with Gasteiger partial charge in [-0.2, -0.15) is 0 Å². The maximum Gasteiger partial charge on any atom is 0.188 e. The molecule has 0 aliphatic carbocycles. The largest absolute Gasteiger partial charge is 0.467 e. The van der Waals surface area contributed by atoms with Crippen LogP contribution < -0.4 is 15.0 Å². The Bertz CT molecular complexity index is 813. The van der Waals surface area contributed by atoms with Gasteiger partial charge in [-0.05, 0) is 55.5 Å². The molecule has 0 radical (unpaired) electrons. The molecule has 1 fully saturated rings. The number of hydrogen-bond donors (Lipinski definition) is 1. The Hall–Kier alpha value is -1.49. The van der Waals surface area contributed by atoms with E-state index in [9.17, 15) is 0 Å². The zero-order chi connectivity index (χ0) is 16.2. The smallest absolute Gasteiger partial charge is 0.188 e. The Morgan fingerprint density at radius 1 is 1.22 bits per heavy atom. The van der Waals surface area contributed by atoms with Gasteiger partial charge in [0.05, 0.1) is 6.04 Å². The normalized spacial score (nSPS) is 25.4. The summed E-state index contributed by atoms with van der Waals surface area (Å²) in [5, 5.41) is 5.38. The average Bonchev–Trinajstić information content (AvgIpc) is 2.47. The van der Waals surface area contributed by atoms with Crippen molar-refractivity contribution in [1.82, 2.24) is 5.32 Å². The van der Waals surface area contributed by atoms with Crippen LogP contribution in [0.5, 0.6) is 5.75 Å². The number of halogens is 2. The van der Waals surface area contributed by atoms with E-state index in [-0.39, 0.29) is 6.04 Å². The van der Waals surface area contributed by atoms with Gasteiger partial charge in [-0.15, -0.1) is 0 Å². The molecule has 3 nitrogen and oxygen atoms in total. The van der Waals surface area contributed by atoms with Crippen molar-refractivity contribution in [3.05, 3.63) is 58.1 Å². The predicted molar refractivity (Wildman–Crippen MR) is 97.5 cm³/mol. The van der Waals surface area contributed by atoms with E-state index in [1.165, 1.54) is 0 Å². The van der Waals surface area contributed by atoms with Crippen LogP contribution in [0, 0.1) is 0 Å². The van der Waals surface area contributed by atoms with Gasteiger partial charge >= 0.3 is 0 Å². The summed E-state index contributed by atoms with van der Waals surface area (Å²) in [6.45, 7) is 2.05. The molecule has 1 saturated heterocycles. The molecule has 2 aromatic rings. The van der Waals surface area contributed by atoms with Gasteiger partial charge in [-0.1, -0.05) is 29.3 Å². The van der Waals surface area contributed by atoms with E-state index in [1.807, 2.05) is 54.3 Å². The fourth-order valence-corrected chi connectivity index (χ4v) is 4.16. The fraction of sp³-hybridized carbons (Fsp3) is 0.235. The van der Waals surface area contributed by atoms with Crippen LogP contribution in [0.25, 0.3) is 0 Å². The van der Waals surface area contributed by atoms with Crippen molar-refractivity contribution >= 4 is 46.2 Å². The molecule has 118 valence electrons. The first-order valence-electron chi connectivity index (χ1n) is 7.31. The second kappa shape index (κ2) is 5.26. The highest BCUT2D eigenvalue weighted by molar-refractivity contribution is 7.80. The summed E-state index contributed by atoms with van der Waals surface area (Å²) in [4.78, 5) is 1.99. The highest BCUT2D eigenvalue weighted by Crippen LogP contribution is 2.46. The van der Waals surface area contributed by atoms with Gasteiger partial charge in [0.15, 0.2) is 10.8 Å². The van der Waals surface area contributed by atoms with E-state index in [1.54, 1.807) is 0 Å². The van der Waals surface area contributed by atoms with Gasteiger partial charge in [0.2, 0.25) is 0 Å². The van der Waals surface area contributed by atoms with Crippen LogP contribution in [0.15, 0.2) is 42.5 Å². The van der Waals surface area contributed by atoms with Gasteiger partial charge in [0, 0.05) is 27.7 Å². The molecule has 23 heavy (non-hydrogen) atoms. The molecular formula is C17H14Cl2N2OS. The van der Waals surface area contributed by atoms with Crippen LogP contribution in [-0.2, 0) is 0 Å². The Labute approximate surface area is 150 Å². The van der Waals surface area contributed by atoms with Gasteiger partial charge in [0.25, 0.3) is 0 Å². The van der Waals surface area contributed by atoms with Crippen molar-refractivity contribution in [2.45, 2.75) is 25.1 Å². The third-order valence-corrected chi connectivity index (χ3v) is 5.07. The molecule has 0 spiro atoms. The lowest BCUT2D eigenvalue weighted by Gasteiger charge is -2.52. The van der Waals surface area contributed by atoms with E-state index >= 15 is 0 Å². The van der Waals surface area contributed by atoms with E-state index in [0.717, 1.165) is 23.4 Å². The first kappa shape index (κ1) is 15.1. The highest BCUT2D eigenvalue weighted by atomic mass is 35.5. The summed E-state index contributed by atoms with van der Waals surface area (Å²) in [6, 6.07) is 13.4. The molecule has 0 amide bonds. The molecule has 2 atom stereocenters. The predicted octanol–water partition coefficient (Wildman–Crippen LogP) is 4.93.